The highest BCUT2D eigenvalue weighted by Crippen LogP contribution is 2.32. The van der Waals surface area contributed by atoms with Crippen LogP contribution in [0, 0.1) is 6.92 Å². The largest absolute Gasteiger partial charge is 0.460 e. The average Bonchev–Trinajstić information content (AvgIpc) is 2.83. The van der Waals surface area contributed by atoms with Crippen molar-refractivity contribution in [3.05, 3.63) is 53.6 Å². The third-order valence-electron chi connectivity index (χ3n) is 6.00. The van der Waals surface area contributed by atoms with E-state index in [4.69, 9.17) is 15.2 Å². The molecule has 0 spiro atoms. The smallest absolute Gasteiger partial charge is 0.251 e. The number of hydrogen-bond acceptors (Lipinski definition) is 10. The molecule has 0 radical (unpaired) electrons. The number of nitrogens with one attached hydrogen (secondary N) is 1. The number of amides is 1. The van der Waals surface area contributed by atoms with E-state index in [1.54, 1.807) is 49.4 Å². The van der Waals surface area contributed by atoms with E-state index in [-0.39, 0.29) is 5.75 Å². The van der Waals surface area contributed by atoms with Crippen LogP contribution in [-0.4, -0.2) is 92.2 Å². The molecule has 11 heteroatoms. The standard InChI is InChI=1S/C24H32N2O9/c1-12-8-15(14-4-3-5-16(9-14)22(32)26-17(10-27)13(2)29)6-7-18(12)34-23-24(25,33)21(31)20(30)19(11-28)35-23/h3-9,13,17,19-21,23,27-31,33H,10-11,25H2,1-2H3,(H,26,32)/t13-,17-,19+,20+,21-,23-,24-/m0/s1. The molecule has 0 unspecified atom stereocenters. The first kappa shape index (κ1) is 27.0. The number of hydrogen-bond donors (Lipinski definition) is 8. The van der Waals surface area contributed by atoms with Gasteiger partial charge in [-0.2, -0.15) is 0 Å². The summed E-state index contributed by atoms with van der Waals surface area (Å²) in [7, 11) is 0. The molecule has 11 nitrogen and oxygen atoms in total. The molecule has 7 atom stereocenters. The van der Waals surface area contributed by atoms with Gasteiger partial charge in [0.25, 0.3) is 5.91 Å². The monoisotopic (exact) mass is 492 g/mol. The zero-order valence-corrected chi connectivity index (χ0v) is 19.4. The highest BCUT2D eigenvalue weighted by Gasteiger charge is 2.54. The van der Waals surface area contributed by atoms with E-state index in [1.165, 1.54) is 6.92 Å². The first-order valence-corrected chi connectivity index (χ1v) is 11.1. The summed E-state index contributed by atoms with van der Waals surface area (Å²) in [5, 5.41) is 61.4. The van der Waals surface area contributed by atoms with Crippen molar-refractivity contribution in [1.82, 2.24) is 5.32 Å². The third kappa shape index (κ3) is 5.80. The number of carbonyl (C=O) groups is 1. The normalized spacial score (nSPS) is 28.3. The van der Waals surface area contributed by atoms with Crippen LogP contribution in [-0.2, 0) is 4.74 Å². The molecule has 1 saturated heterocycles. The Morgan fingerprint density at radius 1 is 1.20 bits per heavy atom. The summed E-state index contributed by atoms with van der Waals surface area (Å²) in [6.45, 7) is 2.19. The highest BCUT2D eigenvalue weighted by molar-refractivity contribution is 5.95. The Kier molecular flexibility index (Phi) is 8.46. The number of carbonyl (C=O) groups excluding carboxylic acids is 1. The van der Waals surface area contributed by atoms with Gasteiger partial charge in [0.05, 0.1) is 25.4 Å². The molecule has 0 saturated carbocycles. The molecule has 9 N–H and O–H groups in total. The van der Waals surface area contributed by atoms with Gasteiger partial charge < -0.3 is 45.4 Å². The van der Waals surface area contributed by atoms with Gasteiger partial charge in [0, 0.05) is 5.56 Å². The quantitative estimate of drug-likeness (QED) is 0.203. The Bertz CT molecular complexity index is 1030. The number of aliphatic hydroxyl groups excluding tert-OH is 5. The lowest BCUT2D eigenvalue weighted by Crippen LogP contribution is -2.72. The van der Waals surface area contributed by atoms with Gasteiger partial charge in [-0.15, -0.1) is 0 Å². The molecule has 0 bridgehead atoms. The van der Waals surface area contributed by atoms with Crippen molar-refractivity contribution in [2.24, 2.45) is 5.73 Å². The van der Waals surface area contributed by atoms with Crippen LogP contribution in [0.4, 0.5) is 0 Å². The van der Waals surface area contributed by atoms with Gasteiger partial charge in [-0.05, 0) is 54.8 Å². The molecule has 3 rings (SSSR count). The fraction of sp³-hybridized carbons (Fsp3) is 0.458. The van der Waals surface area contributed by atoms with Crippen molar-refractivity contribution >= 4 is 5.91 Å². The van der Waals surface area contributed by atoms with Crippen LogP contribution in [0.15, 0.2) is 42.5 Å². The summed E-state index contributed by atoms with van der Waals surface area (Å²) in [6.07, 6.45) is -7.10. The minimum Gasteiger partial charge on any atom is -0.460 e. The molecule has 1 amide bonds. The predicted octanol–water partition coefficient (Wildman–Crippen LogP) is -1.40. The predicted molar refractivity (Wildman–Crippen MR) is 124 cm³/mol. The second-order valence-electron chi connectivity index (χ2n) is 8.69. The molecule has 2 aromatic carbocycles. The number of rotatable bonds is 8. The van der Waals surface area contributed by atoms with E-state index < -0.39 is 61.6 Å². The summed E-state index contributed by atoms with van der Waals surface area (Å²) in [6, 6.07) is 11.1. The Balaban J connectivity index is 1.80. The SMILES string of the molecule is Cc1cc(-c2cccc(C(=O)N[C@@H](CO)[C@H](C)O)c2)ccc1O[C@H]1O[C@H](CO)[C@@H](O)[C@H](O)[C@]1(N)O. The van der Waals surface area contributed by atoms with Gasteiger partial charge in [0.1, 0.15) is 24.1 Å². The zero-order valence-electron chi connectivity index (χ0n) is 19.4. The summed E-state index contributed by atoms with van der Waals surface area (Å²) in [5.41, 5.74) is 5.73. The van der Waals surface area contributed by atoms with Gasteiger partial charge in [0.2, 0.25) is 12.0 Å². The number of aryl methyl sites for hydroxylation is 1. The molecular weight excluding hydrogens is 460 g/mol. The number of benzene rings is 2. The zero-order chi connectivity index (χ0) is 25.9. The molecular formula is C24H32N2O9. The topological polar surface area (TPSA) is 195 Å². The van der Waals surface area contributed by atoms with E-state index in [1.807, 2.05) is 0 Å². The molecule has 1 fully saturated rings. The van der Waals surface area contributed by atoms with Crippen molar-refractivity contribution in [3.63, 3.8) is 0 Å². The van der Waals surface area contributed by atoms with Crippen LogP contribution in [0.3, 0.4) is 0 Å². The van der Waals surface area contributed by atoms with Crippen LogP contribution >= 0.6 is 0 Å². The van der Waals surface area contributed by atoms with Crippen LogP contribution in [0.5, 0.6) is 5.75 Å². The van der Waals surface area contributed by atoms with E-state index in [2.05, 4.69) is 5.32 Å². The Morgan fingerprint density at radius 2 is 1.89 bits per heavy atom. The number of ether oxygens (including phenoxy) is 2. The second-order valence-corrected chi connectivity index (χ2v) is 8.69. The number of aliphatic hydroxyl groups is 6. The lowest BCUT2D eigenvalue weighted by atomic mass is 9.94. The molecule has 192 valence electrons. The minimum atomic E-state index is -2.43. The fourth-order valence-electron chi connectivity index (χ4n) is 3.72. The van der Waals surface area contributed by atoms with Gasteiger partial charge in [-0.1, -0.05) is 18.2 Å². The van der Waals surface area contributed by atoms with Crippen LogP contribution < -0.4 is 15.8 Å². The third-order valence-corrected chi connectivity index (χ3v) is 6.00. The van der Waals surface area contributed by atoms with Crippen molar-refractivity contribution in [2.75, 3.05) is 13.2 Å². The molecule has 2 aromatic rings. The summed E-state index contributed by atoms with van der Waals surface area (Å²) >= 11 is 0. The average molecular weight is 493 g/mol. The molecule has 35 heavy (non-hydrogen) atoms. The van der Waals surface area contributed by atoms with E-state index in [0.29, 0.717) is 16.7 Å². The first-order valence-electron chi connectivity index (χ1n) is 11.1. The lowest BCUT2D eigenvalue weighted by molar-refractivity contribution is -0.319. The minimum absolute atomic E-state index is 0.277. The second kappa shape index (κ2) is 11.0. The van der Waals surface area contributed by atoms with Gasteiger partial charge in [-0.3, -0.25) is 10.5 Å². The van der Waals surface area contributed by atoms with Gasteiger partial charge >= 0.3 is 0 Å². The van der Waals surface area contributed by atoms with Crippen molar-refractivity contribution < 1.29 is 44.9 Å². The Morgan fingerprint density at radius 3 is 2.49 bits per heavy atom. The highest BCUT2D eigenvalue weighted by atomic mass is 16.7. The van der Waals surface area contributed by atoms with Crippen molar-refractivity contribution in [1.29, 1.82) is 0 Å². The Hall–Kier alpha value is -2.61. The first-order chi connectivity index (χ1) is 16.5. The van der Waals surface area contributed by atoms with E-state index in [9.17, 15) is 35.4 Å². The van der Waals surface area contributed by atoms with Crippen molar-refractivity contribution in [2.45, 2.75) is 56.3 Å². The summed E-state index contributed by atoms with van der Waals surface area (Å²) < 4.78 is 11.1. The van der Waals surface area contributed by atoms with E-state index in [0.717, 1.165) is 5.56 Å². The van der Waals surface area contributed by atoms with Crippen LogP contribution in [0.1, 0.15) is 22.8 Å². The van der Waals surface area contributed by atoms with Gasteiger partial charge in [-0.25, -0.2) is 0 Å². The molecule has 1 aliphatic rings. The fourth-order valence-corrected chi connectivity index (χ4v) is 3.72. The van der Waals surface area contributed by atoms with Gasteiger partial charge in [0.15, 0.2) is 0 Å². The van der Waals surface area contributed by atoms with Crippen molar-refractivity contribution in [3.8, 4) is 16.9 Å². The van der Waals surface area contributed by atoms with Crippen LogP contribution in [0.2, 0.25) is 0 Å². The van der Waals surface area contributed by atoms with E-state index >= 15 is 0 Å². The molecule has 0 aliphatic carbocycles. The summed E-state index contributed by atoms with van der Waals surface area (Å²) in [4.78, 5) is 12.5. The maximum absolute atomic E-state index is 12.5. The molecule has 1 aliphatic heterocycles. The maximum atomic E-state index is 12.5. The maximum Gasteiger partial charge on any atom is 0.251 e. The Labute approximate surface area is 202 Å². The summed E-state index contributed by atoms with van der Waals surface area (Å²) in [5.74, 6) is -0.168. The molecule has 1 heterocycles. The molecule has 0 aromatic heterocycles. The lowest BCUT2D eigenvalue weighted by Gasteiger charge is -2.45. The van der Waals surface area contributed by atoms with Crippen LogP contribution in [0.25, 0.3) is 11.1 Å². The number of nitrogens with two attached hydrogens (primary N) is 1.